The SMILES string of the molecule is CC(C)CCCCCCC(=O)N1NC(=C2C(=O)N(C)C(=O)N(C)C2=O)CC1c1ccccc1. The van der Waals surface area contributed by atoms with E-state index in [0.717, 1.165) is 34.6 Å². The molecule has 0 saturated carbocycles. The quantitative estimate of drug-likeness (QED) is 0.367. The maximum Gasteiger partial charge on any atom is 0.333 e. The number of hydrogen-bond donors (Lipinski definition) is 1. The molecule has 2 aliphatic rings. The van der Waals surface area contributed by atoms with Crippen LogP contribution in [0.3, 0.4) is 0 Å². The highest BCUT2D eigenvalue weighted by molar-refractivity contribution is 6.28. The first-order valence-electron chi connectivity index (χ1n) is 11.7. The molecular formula is C25H34N4O4. The summed E-state index contributed by atoms with van der Waals surface area (Å²) in [7, 11) is 2.69. The van der Waals surface area contributed by atoms with E-state index in [1.165, 1.54) is 26.9 Å². The van der Waals surface area contributed by atoms with Crippen LogP contribution in [0.5, 0.6) is 0 Å². The molecule has 8 nitrogen and oxygen atoms in total. The number of nitrogens with one attached hydrogen (secondary N) is 1. The molecule has 0 radical (unpaired) electrons. The molecule has 33 heavy (non-hydrogen) atoms. The van der Waals surface area contributed by atoms with Crippen LogP contribution in [-0.2, 0) is 14.4 Å². The van der Waals surface area contributed by atoms with Crippen LogP contribution in [0.15, 0.2) is 41.6 Å². The lowest BCUT2D eigenvalue weighted by atomic mass is 9.99. The first-order valence-corrected chi connectivity index (χ1v) is 11.7. The van der Waals surface area contributed by atoms with Crippen molar-refractivity contribution in [2.75, 3.05) is 14.1 Å². The molecule has 178 valence electrons. The second-order valence-corrected chi connectivity index (χ2v) is 9.22. The molecule has 2 saturated heterocycles. The average Bonchev–Trinajstić information content (AvgIpc) is 3.24. The summed E-state index contributed by atoms with van der Waals surface area (Å²) in [6.07, 6.45) is 5.94. The number of hydrazine groups is 1. The van der Waals surface area contributed by atoms with Gasteiger partial charge in [-0.1, -0.05) is 69.9 Å². The van der Waals surface area contributed by atoms with Gasteiger partial charge in [-0.2, -0.15) is 0 Å². The Morgan fingerprint density at radius 3 is 2.18 bits per heavy atom. The van der Waals surface area contributed by atoms with Gasteiger partial charge in [0, 0.05) is 26.9 Å². The molecule has 0 aromatic heterocycles. The maximum absolute atomic E-state index is 13.1. The zero-order valence-corrected chi connectivity index (χ0v) is 20.0. The molecule has 1 N–H and O–H groups in total. The summed E-state index contributed by atoms with van der Waals surface area (Å²) < 4.78 is 0. The van der Waals surface area contributed by atoms with Crippen LogP contribution in [0, 0.1) is 5.92 Å². The Balaban J connectivity index is 1.78. The predicted molar refractivity (Wildman–Crippen MR) is 124 cm³/mol. The molecule has 0 aliphatic carbocycles. The number of rotatable bonds is 8. The molecule has 0 spiro atoms. The average molecular weight is 455 g/mol. The van der Waals surface area contributed by atoms with Crippen LogP contribution in [0.25, 0.3) is 0 Å². The van der Waals surface area contributed by atoms with E-state index in [1.807, 2.05) is 30.3 Å². The number of benzene rings is 1. The van der Waals surface area contributed by atoms with Crippen molar-refractivity contribution in [3.8, 4) is 0 Å². The lowest BCUT2D eigenvalue weighted by molar-refractivity contribution is -0.136. The number of urea groups is 1. The summed E-state index contributed by atoms with van der Waals surface area (Å²) in [4.78, 5) is 52.6. The fourth-order valence-electron chi connectivity index (χ4n) is 4.28. The Morgan fingerprint density at radius 1 is 0.970 bits per heavy atom. The highest BCUT2D eigenvalue weighted by Crippen LogP contribution is 2.35. The van der Waals surface area contributed by atoms with Crippen molar-refractivity contribution < 1.29 is 19.2 Å². The fourth-order valence-corrected chi connectivity index (χ4v) is 4.28. The number of amides is 5. The van der Waals surface area contributed by atoms with Gasteiger partial charge in [0.25, 0.3) is 11.8 Å². The number of hydrogen-bond acceptors (Lipinski definition) is 5. The number of carbonyl (C=O) groups excluding carboxylic acids is 4. The molecule has 2 aliphatic heterocycles. The molecular weight excluding hydrogens is 420 g/mol. The van der Waals surface area contributed by atoms with Crippen molar-refractivity contribution >= 4 is 23.8 Å². The lowest BCUT2D eigenvalue weighted by Crippen LogP contribution is -2.54. The number of nitrogens with zero attached hydrogens (tertiary/aromatic N) is 3. The molecule has 3 rings (SSSR count). The summed E-state index contributed by atoms with van der Waals surface area (Å²) in [5, 5.41) is 1.54. The van der Waals surface area contributed by atoms with E-state index < -0.39 is 17.8 Å². The topological polar surface area (TPSA) is 90.0 Å². The molecule has 2 heterocycles. The van der Waals surface area contributed by atoms with E-state index in [4.69, 9.17) is 0 Å². The molecule has 0 bridgehead atoms. The Morgan fingerprint density at radius 2 is 1.58 bits per heavy atom. The van der Waals surface area contributed by atoms with Gasteiger partial charge in [0.15, 0.2) is 0 Å². The van der Waals surface area contributed by atoms with Gasteiger partial charge in [-0.3, -0.25) is 29.6 Å². The largest absolute Gasteiger partial charge is 0.333 e. The third kappa shape index (κ3) is 5.43. The van der Waals surface area contributed by atoms with E-state index in [-0.39, 0.29) is 17.5 Å². The molecule has 2 fully saturated rings. The minimum atomic E-state index is -0.669. The van der Waals surface area contributed by atoms with Crippen LogP contribution < -0.4 is 5.43 Å². The minimum absolute atomic E-state index is 0.0724. The highest BCUT2D eigenvalue weighted by Gasteiger charge is 2.43. The first kappa shape index (κ1) is 24.5. The van der Waals surface area contributed by atoms with Gasteiger partial charge in [0.1, 0.15) is 5.57 Å². The third-order valence-corrected chi connectivity index (χ3v) is 6.25. The Hall–Kier alpha value is -3.16. The molecule has 1 atom stereocenters. The maximum atomic E-state index is 13.1. The molecule has 1 unspecified atom stereocenters. The van der Waals surface area contributed by atoms with Gasteiger partial charge >= 0.3 is 6.03 Å². The van der Waals surface area contributed by atoms with Crippen molar-refractivity contribution in [1.29, 1.82) is 0 Å². The van der Waals surface area contributed by atoms with E-state index in [0.29, 0.717) is 24.5 Å². The lowest BCUT2D eigenvalue weighted by Gasteiger charge is -2.30. The number of imide groups is 2. The standard InChI is InChI=1S/C25H34N4O4/c1-17(2)12-8-5-6-11-15-21(30)29-20(18-13-9-7-10-14-18)16-19(26-29)22-23(31)27(3)25(33)28(4)24(22)32/h7,9-10,13-14,17,20,26H,5-6,8,11-12,15-16H2,1-4H3. The number of likely N-dealkylation sites (N-methyl/N-ethyl adjacent to an activating group) is 2. The van der Waals surface area contributed by atoms with Crippen molar-refractivity contribution in [3.05, 3.63) is 47.2 Å². The van der Waals surface area contributed by atoms with E-state index in [9.17, 15) is 19.2 Å². The van der Waals surface area contributed by atoms with Crippen molar-refractivity contribution in [1.82, 2.24) is 20.2 Å². The van der Waals surface area contributed by atoms with Gasteiger partial charge in [-0.15, -0.1) is 0 Å². The Labute approximate surface area is 195 Å². The summed E-state index contributed by atoms with van der Waals surface area (Å²) in [6.45, 7) is 4.43. The van der Waals surface area contributed by atoms with Crippen LogP contribution in [0.4, 0.5) is 4.79 Å². The summed E-state index contributed by atoms with van der Waals surface area (Å²) in [5.74, 6) is -0.692. The van der Waals surface area contributed by atoms with Crippen LogP contribution in [0.1, 0.15) is 70.4 Å². The summed E-state index contributed by atoms with van der Waals surface area (Å²) >= 11 is 0. The fraction of sp³-hybridized carbons (Fsp3) is 0.520. The number of unbranched alkanes of at least 4 members (excludes halogenated alkanes) is 3. The van der Waals surface area contributed by atoms with Gasteiger partial charge in [0.05, 0.1) is 11.7 Å². The smallest absolute Gasteiger partial charge is 0.298 e. The van der Waals surface area contributed by atoms with Gasteiger partial charge < -0.3 is 0 Å². The van der Waals surface area contributed by atoms with Gasteiger partial charge in [0.2, 0.25) is 5.91 Å². The minimum Gasteiger partial charge on any atom is -0.298 e. The van der Waals surface area contributed by atoms with Gasteiger partial charge in [-0.25, -0.2) is 9.80 Å². The number of barbiturate groups is 1. The second kappa shape index (κ2) is 10.6. The Kier molecular flexibility index (Phi) is 7.89. The monoisotopic (exact) mass is 454 g/mol. The highest BCUT2D eigenvalue weighted by atomic mass is 16.2. The predicted octanol–water partition coefficient (Wildman–Crippen LogP) is 3.77. The molecule has 1 aromatic rings. The number of carbonyl (C=O) groups is 4. The molecule has 8 heteroatoms. The molecule has 5 amide bonds. The van der Waals surface area contributed by atoms with Gasteiger partial charge in [-0.05, 0) is 17.9 Å². The Bertz CT molecular complexity index is 915. The zero-order valence-electron chi connectivity index (χ0n) is 20.0. The van der Waals surface area contributed by atoms with Crippen molar-refractivity contribution in [2.45, 2.75) is 64.8 Å². The van der Waals surface area contributed by atoms with Crippen LogP contribution in [0.2, 0.25) is 0 Å². The summed E-state index contributed by atoms with van der Waals surface area (Å²) in [5.41, 5.74) is 4.24. The van der Waals surface area contributed by atoms with Crippen molar-refractivity contribution in [2.24, 2.45) is 5.92 Å². The van der Waals surface area contributed by atoms with Crippen LogP contribution >= 0.6 is 0 Å². The van der Waals surface area contributed by atoms with Crippen LogP contribution in [-0.4, -0.2) is 52.7 Å². The zero-order chi connectivity index (χ0) is 24.1. The normalized spacial score (nSPS) is 19.1. The van der Waals surface area contributed by atoms with E-state index in [2.05, 4.69) is 19.3 Å². The summed E-state index contributed by atoms with van der Waals surface area (Å²) in [6, 6.07) is 8.55. The van der Waals surface area contributed by atoms with E-state index in [1.54, 1.807) is 5.01 Å². The molecule has 1 aromatic carbocycles. The second-order valence-electron chi connectivity index (χ2n) is 9.22. The third-order valence-electron chi connectivity index (χ3n) is 6.25. The first-order chi connectivity index (χ1) is 15.7. The van der Waals surface area contributed by atoms with Crippen molar-refractivity contribution in [3.63, 3.8) is 0 Å². The van der Waals surface area contributed by atoms with E-state index >= 15 is 0 Å².